The molecule has 5 heteroatoms. The Kier molecular flexibility index (Phi) is 41.7. The first-order valence-corrected chi connectivity index (χ1v) is 22.9. The van der Waals surface area contributed by atoms with E-state index in [0.717, 1.165) is 44.9 Å². The molecule has 0 rings (SSSR count). The Labute approximate surface area is 329 Å². The summed E-state index contributed by atoms with van der Waals surface area (Å²) in [5.41, 5.74) is 0. The molecule has 0 spiro atoms. The lowest BCUT2D eigenvalue weighted by atomic mass is 10.0. The van der Waals surface area contributed by atoms with E-state index >= 15 is 0 Å². The van der Waals surface area contributed by atoms with Gasteiger partial charge in [0.25, 0.3) is 0 Å². The summed E-state index contributed by atoms with van der Waals surface area (Å²) >= 11 is 0. The summed E-state index contributed by atoms with van der Waals surface area (Å²) in [7, 11) is 0. The third-order valence-corrected chi connectivity index (χ3v) is 10.3. The lowest BCUT2D eigenvalue weighted by molar-refractivity contribution is -0.124. The smallest absolute Gasteiger partial charge is 0.222 e. The first-order chi connectivity index (χ1) is 26.0. The molecule has 5 nitrogen and oxygen atoms in total. The van der Waals surface area contributed by atoms with E-state index in [1.54, 1.807) is 6.08 Å². The third-order valence-electron chi connectivity index (χ3n) is 10.3. The Morgan fingerprint density at radius 2 is 0.849 bits per heavy atom. The molecule has 0 radical (unpaired) electrons. The predicted molar refractivity (Wildman–Crippen MR) is 231 cm³/mol. The molecule has 0 aliphatic rings. The molecule has 0 fully saturated rings. The number of amides is 1. The summed E-state index contributed by atoms with van der Waals surface area (Å²) in [5, 5.41) is 33.1. The highest BCUT2D eigenvalue weighted by atomic mass is 16.3. The van der Waals surface area contributed by atoms with Gasteiger partial charge in [-0.05, 0) is 64.2 Å². The first kappa shape index (κ1) is 51.3. The van der Waals surface area contributed by atoms with Crippen molar-refractivity contribution in [1.82, 2.24) is 5.32 Å². The molecule has 0 aromatic heterocycles. The molecule has 0 aromatic rings. The Hall–Kier alpha value is -1.69. The summed E-state index contributed by atoms with van der Waals surface area (Å²) in [6.07, 6.45) is 55.6. The third kappa shape index (κ3) is 39.8. The number of carbonyl (C=O) groups excluding carboxylic acids is 1. The van der Waals surface area contributed by atoms with Crippen LogP contribution < -0.4 is 5.32 Å². The zero-order chi connectivity index (χ0) is 38.7. The molecule has 0 saturated heterocycles. The average Bonchev–Trinajstić information content (AvgIpc) is 3.15. The van der Waals surface area contributed by atoms with E-state index in [2.05, 4.69) is 55.6 Å². The fourth-order valence-electron chi connectivity index (χ4n) is 6.79. The normalized spacial score (nSPS) is 14.0. The molecule has 0 heterocycles. The van der Waals surface area contributed by atoms with Crippen LogP contribution in [0, 0.1) is 0 Å². The summed E-state index contributed by atoms with van der Waals surface area (Å²) in [5.74, 6) is -0.332. The number of allylic oxidation sites excluding steroid dienone is 7. The minimum absolute atomic E-state index is 0.00112. The van der Waals surface area contributed by atoms with Gasteiger partial charge in [0.15, 0.2) is 0 Å². The van der Waals surface area contributed by atoms with Crippen molar-refractivity contribution in [3.63, 3.8) is 0 Å². The Morgan fingerprint density at radius 1 is 0.472 bits per heavy atom. The Balaban J connectivity index is 3.58. The monoisotopic (exact) mass is 744 g/mol. The van der Waals surface area contributed by atoms with Gasteiger partial charge in [0.2, 0.25) is 5.91 Å². The van der Waals surface area contributed by atoms with Crippen molar-refractivity contribution in [1.29, 1.82) is 0 Å². The van der Waals surface area contributed by atoms with Crippen LogP contribution in [0.15, 0.2) is 48.6 Å². The standard InChI is InChI=1S/C48H89NO4/c1-3-5-7-9-11-13-15-16-17-18-19-20-21-22-23-24-25-26-27-28-29-30-32-33-35-37-39-41-45(51)43-48(53)49-46(44-50)47(52)42-40-38-36-34-31-14-12-10-8-6-4-2/h8,10,22-23,31,34,40,42,45-47,50-52H,3-7,9,11-21,24-30,32-33,35-39,41,43-44H2,1-2H3,(H,49,53)/b10-8+,23-22-,34-31+,42-40+. The van der Waals surface area contributed by atoms with Crippen LogP contribution in [0.2, 0.25) is 0 Å². The van der Waals surface area contributed by atoms with E-state index in [9.17, 15) is 20.1 Å². The second kappa shape index (κ2) is 43.0. The van der Waals surface area contributed by atoms with Crippen molar-refractivity contribution in [2.24, 2.45) is 0 Å². The maximum absolute atomic E-state index is 12.4. The maximum Gasteiger partial charge on any atom is 0.222 e. The van der Waals surface area contributed by atoms with Gasteiger partial charge in [-0.3, -0.25) is 4.79 Å². The van der Waals surface area contributed by atoms with Crippen LogP contribution in [-0.4, -0.2) is 46.1 Å². The van der Waals surface area contributed by atoms with E-state index in [0.29, 0.717) is 6.42 Å². The fraction of sp³-hybridized carbons (Fsp3) is 0.812. The molecule has 0 aliphatic carbocycles. The maximum atomic E-state index is 12.4. The second-order valence-corrected chi connectivity index (χ2v) is 15.6. The first-order valence-electron chi connectivity index (χ1n) is 22.9. The van der Waals surface area contributed by atoms with E-state index in [4.69, 9.17) is 0 Å². The minimum Gasteiger partial charge on any atom is -0.394 e. The van der Waals surface area contributed by atoms with Crippen molar-refractivity contribution in [3.8, 4) is 0 Å². The Morgan fingerprint density at radius 3 is 1.28 bits per heavy atom. The predicted octanol–water partition coefficient (Wildman–Crippen LogP) is 13.3. The van der Waals surface area contributed by atoms with Gasteiger partial charge in [-0.1, -0.05) is 204 Å². The largest absolute Gasteiger partial charge is 0.394 e. The van der Waals surface area contributed by atoms with Crippen LogP contribution in [0.5, 0.6) is 0 Å². The quantitative estimate of drug-likeness (QED) is 0.0371. The van der Waals surface area contributed by atoms with Crippen LogP contribution in [0.4, 0.5) is 0 Å². The number of hydrogen-bond acceptors (Lipinski definition) is 4. The van der Waals surface area contributed by atoms with E-state index in [-0.39, 0.29) is 18.9 Å². The molecule has 1 amide bonds. The molecule has 0 aromatic carbocycles. The van der Waals surface area contributed by atoms with Crippen LogP contribution in [0.3, 0.4) is 0 Å². The minimum atomic E-state index is -0.959. The topological polar surface area (TPSA) is 89.8 Å². The van der Waals surface area contributed by atoms with Crippen LogP contribution in [0.25, 0.3) is 0 Å². The number of unbranched alkanes of at least 4 members (excludes halogenated alkanes) is 26. The lowest BCUT2D eigenvalue weighted by Gasteiger charge is -2.21. The highest BCUT2D eigenvalue weighted by molar-refractivity contribution is 5.76. The van der Waals surface area contributed by atoms with Gasteiger partial charge < -0.3 is 20.6 Å². The molecular weight excluding hydrogens is 655 g/mol. The summed E-state index contributed by atoms with van der Waals surface area (Å²) < 4.78 is 0. The van der Waals surface area contributed by atoms with Crippen molar-refractivity contribution in [2.45, 2.75) is 244 Å². The molecule has 3 atom stereocenters. The average molecular weight is 744 g/mol. The zero-order valence-corrected chi connectivity index (χ0v) is 35.1. The SMILES string of the molecule is CCC/C=C/CC/C=C/CC/C=C/C(O)C(CO)NC(=O)CC(O)CCCCCCCCCCCCC/C=C\CCCCCCCCCCCCCC. The van der Waals surface area contributed by atoms with E-state index < -0.39 is 18.2 Å². The molecule has 3 unspecified atom stereocenters. The van der Waals surface area contributed by atoms with Crippen LogP contribution in [0.1, 0.15) is 226 Å². The van der Waals surface area contributed by atoms with E-state index in [1.165, 1.54) is 154 Å². The molecule has 0 aliphatic heterocycles. The number of rotatable bonds is 41. The van der Waals surface area contributed by atoms with Crippen LogP contribution in [-0.2, 0) is 4.79 Å². The van der Waals surface area contributed by atoms with Gasteiger partial charge in [0.1, 0.15) is 0 Å². The van der Waals surface area contributed by atoms with Gasteiger partial charge in [0.05, 0.1) is 31.3 Å². The number of nitrogens with one attached hydrogen (secondary N) is 1. The second-order valence-electron chi connectivity index (χ2n) is 15.6. The number of carbonyl (C=O) groups is 1. The molecule has 53 heavy (non-hydrogen) atoms. The summed E-state index contributed by atoms with van der Waals surface area (Å²) in [6, 6.07) is -0.766. The molecule has 0 saturated carbocycles. The lowest BCUT2D eigenvalue weighted by Crippen LogP contribution is -2.45. The van der Waals surface area contributed by atoms with Crippen molar-refractivity contribution >= 4 is 5.91 Å². The van der Waals surface area contributed by atoms with Gasteiger partial charge >= 0.3 is 0 Å². The van der Waals surface area contributed by atoms with Gasteiger partial charge in [-0.2, -0.15) is 0 Å². The summed E-state index contributed by atoms with van der Waals surface area (Å²) in [4.78, 5) is 12.4. The zero-order valence-electron chi connectivity index (χ0n) is 35.1. The Bertz CT molecular complexity index is 866. The van der Waals surface area contributed by atoms with Gasteiger partial charge in [0, 0.05) is 0 Å². The van der Waals surface area contributed by atoms with Gasteiger partial charge in [-0.25, -0.2) is 0 Å². The van der Waals surface area contributed by atoms with E-state index in [1.807, 2.05) is 6.08 Å². The molecule has 0 bridgehead atoms. The van der Waals surface area contributed by atoms with Gasteiger partial charge in [-0.15, -0.1) is 0 Å². The number of aliphatic hydroxyl groups is 3. The highest BCUT2D eigenvalue weighted by Gasteiger charge is 2.20. The highest BCUT2D eigenvalue weighted by Crippen LogP contribution is 2.15. The van der Waals surface area contributed by atoms with Crippen molar-refractivity contribution < 1.29 is 20.1 Å². The number of aliphatic hydroxyl groups excluding tert-OH is 3. The summed E-state index contributed by atoms with van der Waals surface area (Å²) in [6.45, 7) is 4.12. The molecule has 4 N–H and O–H groups in total. The fourth-order valence-corrected chi connectivity index (χ4v) is 6.79. The van der Waals surface area contributed by atoms with Crippen molar-refractivity contribution in [3.05, 3.63) is 48.6 Å². The van der Waals surface area contributed by atoms with Crippen molar-refractivity contribution in [2.75, 3.05) is 6.61 Å². The molecular formula is C48H89NO4. The van der Waals surface area contributed by atoms with Crippen LogP contribution >= 0.6 is 0 Å². The molecule has 310 valence electrons. The number of hydrogen-bond donors (Lipinski definition) is 4.